The number of hydrogen-bond donors (Lipinski definition) is 2. The maximum absolute atomic E-state index is 12.5. The molecule has 1 saturated heterocycles. The second-order valence-electron chi connectivity index (χ2n) is 6.62. The topological polar surface area (TPSA) is 105 Å². The summed E-state index contributed by atoms with van der Waals surface area (Å²) >= 11 is 0. The number of nitrogens with zero attached hydrogens (tertiary/aromatic N) is 1. The Bertz CT molecular complexity index is 671. The second kappa shape index (κ2) is 9.36. The Morgan fingerprint density at radius 2 is 1.96 bits per heavy atom. The standard InChI is InChI=1S/C19H26N2O6/c1-3-27-17(24)19(13-26-2)9-4-10-21(12-19)18(25)20-11-14-5-7-15(8-6-14)16(22)23/h5-8H,3-4,9-13H2,1-2H3,(H,20,25)(H,22,23). The Morgan fingerprint density at radius 3 is 2.56 bits per heavy atom. The smallest absolute Gasteiger partial charge is 0.335 e. The summed E-state index contributed by atoms with van der Waals surface area (Å²) in [5.41, 5.74) is 0.141. The predicted octanol–water partition coefficient (Wildman–Crippen LogP) is 1.89. The lowest BCUT2D eigenvalue weighted by molar-refractivity contribution is -0.162. The fourth-order valence-electron chi connectivity index (χ4n) is 3.26. The molecule has 1 aromatic rings. The van der Waals surface area contributed by atoms with Crippen LogP contribution < -0.4 is 5.32 Å². The van der Waals surface area contributed by atoms with E-state index in [-0.39, 0.29) is 43.9 Å². The van der Waals surface area contributed by atoms with Crippen LogP contribution in [0.15, 0.2) is 24.3 Å². The van der Waals surface area contributed by atoms with Gasteiger partial charge in [0.2, 0.25) is 0 Å². The zero-order valence-electron chi connectivity index (χ0n) is 15.7. The Balaban J connectivity index is 1.98. The third kappa shape index (κ3) is 5.19. The summed E-state index contributed by atoms with van der Waals surface area (Å²) < 4.78 is 10.4. The van der Waals surface area contributed by atoms with Crippen LogP contribution in [0.2, 0.25) is 0 Å². The Labute approximate surface area is 158 Å². The van der Waals surface area contributed by atoms with Gasteiger partial charge >= 0.3 is 18.0 Å². The van der Waals surface area contributed by atoms with Crippen molar-refractivity contribution in [2.45, 2.75) is 26.3 Å². The molecule has 1 unspecified atom stereocenters. The number of aromatic carboxylic acids is 1. The second-order valence-corrected chi connectivity index (χ2v) is 6.62. The van der Waals surface area contributed by atoms with E-state index in [1.54, 1.807) is 24.0 Å². The van der Waals surface area contributed by atoms with Crippen LogP contribution in [0.4, 0.5) is 4.79 Å². The Kier molecular flexibility index (Phi) is 7.18. The van der Waals surface area contributed by atoms with Crippen LogP contribution in [0.1, 0.15) is 35.7 Å². The first-order valence-electron chi connectivity index (χ1n) is 8.93. The number of hydrogen-bond acceptors (Lipinski definition) is 5. The molecule has 1 aromatic carbocycles. The van der Waals surface area contributed by atoms with Crippen LogP contribution in [0, 0.1) is 5.41 Å². The third-order valence-electron chi connectivity index (χ3n) is 4.64. The quantitative estimate of drug-likeness (QED) is 0.702. The minimum atomic E-state index is -0.993. The van der Waals surface area contributed by atoms with E-state index in [1.165, 1.54) is 19.2 Å². The third-order valence-corrected chi connectivity index (χ3v) is 4.64. The van der Waals surface area contributed by atoms with Gasteiger partial charge in [-0.25, -0.2) is 9.59 Å². The van der Waals surface area contributed by atoms with E-state index in [9.17, 15) is 14.4 Å². The highest BCUT2D eigenvalue weighted by Gasteiger charge is 2.45. The first kappa shape index (κ1) is 20.7. The number of carbonyl (C=O) groups is 3. The van der Waals surface area contributed by atoms with E-state index < -0.39 is 11.4 Å². The molecule has 1 heterocycles. The van der Waals surface area contributed by atoms with E-state index in [2.05, 4.69) is 5.32 Å². The van der Waals surface area contributed by atoms with E-state index >= 15 is 0 Å². The molecule has 1 atom stereocenters. The summed E-state index contributed by atoms with van der Waals surface area (Å²) in [6.45, 7) is 3.29. The summed E-state index contributed by atoms with van der Waals surface area (Å²) in [6.07, 6.45) is 1.29. The molecule has 27 heavy (non-hydrogen) atoms. The molecule has 1 aliphatic rings. The first-order valence-corrected chi connectivity index (χ1v) is 8.93. The highest BCUT2D eigenvalue weighted by molar-refractivity contribution is 5.87. The van der Waals surface area contributed by atoms with Gasteiger partial charge in [-0.3, -0.25) is 4.79 Å². The van der Waals surface area contributed by atoms with Gasteiger partial charge in [0.15, 0.2) is 0 Å². The SMILES string of the molecule is CCOC(=O)C1(COC)CCCN(C(=O)NCc2ccc(C(=O)O)cc2)C1. The van der Waals surface area contributed by atoms with Crippen molar-refractivity contribution >= 4 is 18.0 Å². The van der Waals surface area contributed by atoms with Crippen molar-refractivity contribution < 1.29 is 29.0 Å². The number of carbonyl (C=O) groups excluding carboxylic acids is 2. The molecule has 1 fully saturated rings. The van der Waals surface area contributed by atoms with Crippen molar-refractivity contribution in [2.24, 2.45) is 5.41 Å². The summed E-state index contributed by atoms with van der Waals surface area (Å²) in [4.78, 5) is 37.5. The highest BCUT2D eigenvalue weighted by Crippen LogP contribution is 2.32. The molecule has 8 heteroatoms. The maximum atomic E-state index is 12.5. The number of methoxy groups -OCH3 is 1. The molecular formula is C19H26N2O6. The van der Waals surface area contributed by atoms with Gasteiger partial charge in [0.1, 0.15) is 5.41 Å². The van der Waals surface area contributed by atoms with Gasteiger partial charge in [0, 0.05) is 26.7 Å². The normalized spacial score (nSPS) is 19.4. The zero-order chi connectivity index (χ0) is 19.9. The van der Waals surface area contributed by atoms with Gasteiger partial charge in [-0.15, -0.1) is 0 Å². The van der Waals surface area contributed by atoms with Gasteiger partial charge in [-0.1, -0.05) is 12.1 Å². The van der Waals surface area contributed by atoms with Gasteiger partial charge < -0.3 is 24.8 Å². The van der Waals surface area contributed by atoms with Gasteiger partial charge in [-0.2, -0.15) is 0 Å². The number of carboxylic acids is 1. The van der Waals surface area contributed by atoms with Crippen molar-refractivity contribution in [1.82, 2.24) is 10.2 Å². The minimum Gasteiger partial charge on any atom is -0.478 e. The van der Waals surface area contributed by atoms with Crippen molar-refractivity contribution in [3.05, 3.63) is 35.4 Å². The largest absolute Gasteiger partial charge is 0.478 e. The number of carboxylic acid groups (broad SMARTS) is 1. The number of urea groups is 1. The van der Waals surface area contributed by atoms with E-state index in [0.717, 1.165) is 5.56 Å². The van der Waals surface area contributed by atoms with Crippen molar-refractivity contribution in [3.63, 3.8) is 0 Å². The molecule has 0 aromatic heterocycles. The van der Waals surface area contributed by atoms with E-state index in [1.807, 2.05) is 0 Å². The first-order chi connectivity index (χ1) is 12.9. The number of benzene rings is 1. The van der Waals surface area contributed by atoms with Crippen LogP contribution in [-0.2, 0) is 20.8 Å². The summed E-state index contributed by atoms with van der Waals surface area (Å²) in [6, 6.07) is 6.04. The van der Waals surface area contributed by atoms with Crippen LogP contribution in [-0.4, -0.2) is 61.4 Å². The van der Waals surface area contributed by atoms with Gasteiger partial charge in [-0.05, 0) is 37.5 Å². The lowest BCUT2D eigenvalue weighted by Gasteiger charge is -2.40. The lowest BCUT2D eigenvalue weighted by atomic mass is 9.80. The van der Waals surface area contributed by atoms with Crippen LogP contribution in [0.5, 0.6) is 0 Å². The molecule has 2 rings (SSSR count). The number of esters is 1. The molecule has 1 aliphatic heterocycles. The maximum Gasteiger partial charge on any atom is 0.335 e. The number of likely N-dealkylation sites (tertiary alicyclic amines) is 1. The van der Waals surface area contributed by atoms with Crippen LogP contribution >= 0.6 is 0 Å². The summed E-state index contributed by atoms with van der Waals surface area (Å²) in [7, 11) is 1.53. The fraction of sp³-hybridized carbons (Fsp3) is 0.526. The fourth-order valence-corrected chi connectivity index (χ4v) is 3.26. The van der Waals surface area contributed by atoms with Crippen molar-refractivity contribution in [3.8, 4) is 0 Å². The molecule has 0 aliphatic carbocycles. The molecule has 0 saturated carbocycles. The summed E-state index contributed by atoms with van der Waals surface area (Å²) in [5, 5.41) is 11.7. The van der Waals surface area contributed by atoms with Crippen LogP contribution in [0.25, 0.3) is 0 Å². The molecule has 0 spiro atoms. The molecule has 2 N–H and O–H groups in total. The summed E-state index contributed by atoms with van der Waals surface area (Å²) in [5.74, 6) is -1.33. The lowest BCUT2D eigenvalue weighted by Crippen LogP contribution is -2.54. The Morgan fingerprint density at radius 1 is 1.26 bits per heavy atom. The van der Waals surface area contributed by atoms with Gasteiger partial charge in [0.05, 0.1) is 18.8 Å². The monoisotopic (exact) mass is 378 g/mol. The molecular weight excluding hydrogens is 352 g/mol. The number of piperidine rings is 1. The number of nitrogens with one attached hydrogen (secondary N) is 1. The number of amides is 2. The van der Waals surface area contributed by atoms with E-state index in [4.69, 9.17) is 14.6 Å². The Hall–Kier alpha value is -2.61. The van der Waals surface area contributed by atoms with Crippen LogP contribution in [0.3, 0.4) is 0 Å². The average molecular weight is 378 g/mol. The minimum absolute atomic E-state index is 0.194. The average Bonchev–Trinajstić information content (AvgIpc) is 2.67. The predicted molar refractivity (Wildman–Crippen MR) is 97.4 cm³/mol. The van der Waals surface area contributed by atoms with Crippen molar-refractivity contribution in [2.75, 3.05) is 33.4 Å². The zero-order valence-corrected chi connectivity index (χ0v) is 15.7. The number of rotatable bonds is 7. The molecule has 0 bridgehead atoms. The van der Waals surface area contributed by atoms with Gasteiger partial charge in [0.25, 0.3) is 0 Å². The molecule has 0 radical (unpaired) electrons. The van der Waals surface area contributed by atoms with E-state index in [0.29, 0.717) is 19.4 Å². The number of ether oxygens (including phenoxy) is 2. The molecule has 2 amide bonds. The molecule has 8 nitrogen and oxygen atoms in total. The highest BCUT2D eigenvalue weighted by atomic mass is 16.5. The van der Waals surface area contributed by atoms with Crippen molar-refractivity contribution in [1.29, 1.82) is 0 Å². The molecule has 148 valence electrons.